The first kappa shape index (κ1) is 11.5. The van der Waals surface area contributed by atoms with Gasteiger partial charge in [-0.3, -0.25) is 0 Å². The third-order valence-corrected chi connectivity index (χ3v) is 1.83. The number of rotatable bonds is 4. The Hall–Kier alpha value is -1.54. The normalized spacial score (nSPS) is 11.7. The van der Waals surface area contributed by atoms with Crippen LogP contribution in [0.5, 0.6) is 0 Å². The molecule has 0 N–H and O–H groups in total. The summed E-state index contributed by atoms with van der Waals surface area (Å²) in [6, 6.07) is 4.14. The van der Waals surface area contributed by atoms with Crippen molar-refractivity contribution in [2.45, 2.75) is 26.7 Å². The molecule has 2 heteroatoms. The van der Waals surface area contributed by atoms with Crippen LogP contribution in [0.25, 0.3) is 0 Å². The van der Waals surface area contributed by atoms with Crippen molar-refractivity contribution in [1.29, 1.82) is 10.5 Å². The number of hydrogen-bond donors (Lipinski definition) is 0. The van der Waals surface area contributed by atoms with E-state index in [1.807, 2.05) is 38.2 Å². The van der Waals surface area contributed by atoms with E-state index < -0.39 is 5.41 Å². The molecule has 0 aromatic rings. The molecule has 0 aromatic heterocycles. The van der Waals surface area contributed by atoms with Gasteiger partial charge in [-0.2, -0.15) is 10.5 Å². The Morgan fingerprint density at radius 2 is 1.38 bits per heavy atom. The molecule has 0 unspecified atom stereocenters. The summed E-state index contributed by atoms with van der Waals surface area (Å²) in [6.45, 7) is 3.77. The first-order chi connectivity index (χ1) is 6.24. The highest BCUT2D eigenvalue weighted by Crippen LogP contribution is 2.25. The lowest BCUT2D eigenvalue weighted by molar-refractivity contribution is 0.538. The van der Waals surface area contributed by atoms with E-state index in [0.717, 1.165) is 0 Å². The Labute approximate surface area is 79.8 Å². The van der Waals surface area contributed by atoms with Gasteiger partial charge in [-0.25, -0.2) is 0 Å². The molecule has 0 saturated heterocycles. The zero-order valence-electron chi connectivity index (χ0n) is 8.12. The molecule has 0 spiro atoms. The highest BCUT2D eigenvalue weighted by Gasteiger charge is 2.26. The van der Waals surface area contributed by atoms with Crippen molar-refractivity contribution in [3.05, 3.63) is 24.3 Å². The van der Waals surface area contributed by atoms with E-state index in [2.05, 4.69) is 12.1 Å². The van der Waals surface area contributed by atoms with Crippen LogP contribution in [0.4, 0.5) is 0 Å². The molecule has 0 saturated carbocycles. The van der Waals surface area contributed by atoms with Gasteiger partial charge in [0.1, 0.15) is 0 Å². The third kappa shape index (κ3) is 3.58. The summed E-state index contributed by atoms with van der Waals surface area (Å²) >= 11 is 0. The van der Waals surface area contributed by atoms with Crippen LogP contribution in [0.15, 0.2) is 24.3 Å². The Kier molecular flexibility index (Phi) is 5.32. The Morgan fingerprint density at radius 3 is 1.62 bits per heavy atom. The maximum absolute atomic E-state index is 8.89. The summed E-state index contributed by atoms with van der Waals surface area (Å²) in [5.74, 6) is 0. The van der Waals surface area contributed by atoms with Gasteiger partial charge < -0.3 is 0 Å². The summed E-state index contributed by atoms with van der Waals surface area (Å²) in [4.78, 5) is 0. The third-order valence-electron chi connectivity index (χ3n) is 1.83. The number of allylic oxidation sites excluding steroid dienone is 4. The number of nitriles is 2. The predicted octanol–water partition coefficient (Wildman–Crippen LogP) is 2.95. The zero-order valence-corrected chi connectivity index (χ0v) is 8.12. The smallest absolute Gasteiger partial charge is 0.150 e. The van der Waals surface area contributed by atoms with Crippen LogP contribution in [-0.2, 0) is 0 Å². The van der Waals surface area contributed by atoms with Crippen LogP contribution in [0, 0.1) is 28.1 Å². The van der Waals surface area contributed by atoms with Crippen molar-refractivity contribution in [3.8, 4) is 12.1 Å². The fourth-order valence-corrected chi connectivity index (χ4v) is 0.929. The van der Waals surface area contributed by atoms with Crippen LogP contribution < -0.4 is 0 Å². The largest absolute Gasteiger partial charge is 0.197 e. The maximum Gasteiger partial charge on any atom is 0.150 e. The van der Waals surface area contributed by atoms with Gasteiger partial charge in [-0.05, 0) is 26.7 Å². The molecule has 0 radical (unpaired) electrons. The number of nitrogens with zero attached hydrogens (tertiary/aromatic N) is 2. The standard InChI is InChI=1S/C11H14N2/c1-3-5-7-11(9-12,10-13)8-6-4-2/h3-6H,7-8H2,1-2H3. The summed E-state index contributed by atoms with van der Waals surface area (Å²) < 4.78 is 0. The van der Waals surface area contributed by atoms with E-state index in [0.29, 0.717) is 12.8 Å². The average Bonchev–Trinajstić information content (AvgIpc) is 2.20. The van der Waals surface area contributed by atoms with Gasteiger partial charge >= 0.3 is 0 Å². The van der Waals surface area contributed by atoms with Gasteiger partial charge in [0.25, 0.3) is 0 Å². The van der Waals surface area contributed by atoms with E-state index in [4.69, 9.17) is 10.5 Å². The average molecular weight is 174 g/mol. The molecule has 0 aliphatic heterocycles. The van der Waals surface area contributed by atoms with Gasteiger partial charge in [0, 0.05) is 0 Å². The molecule has 0 heterocycles. The molecular weight excluding hydrogens is 160 g/mol. The molecule has 68 valence electrons. The molecule has 0 aliphatic rings. The fraction of sp³-hybridized carbons (Fsp3) is 0.455. The molecule has 0 rings (SSSR count). The Balaban J connectivity index is 4.54. The van der Waals surface area contributed by atoms with Crippen LogP contribution in [0.1, 0.15) is 26.7 Å². The zero-order chi connectivity index (χ0) is 10.2. The number of hydrogen-bond acceptors (Lipinski definition) is 2. The van der Waals surface area contributed by atoms with E-state index in [9.17, 15) is 0 Å². The molecule has 0 fully saturated rings. The molecule has 0 aliphatic carbocycles. The molecule has 0 aromatic carbocycles. The van der Waals surface area contributed by atoms with E-state index in [1.54, 1.807) is 0 Å². The first-order valence-electron chi connectivity index (χ1n) is 4.29. The van der Waals surface area contributed by atoms with Crippen LogP contribution in [0.2, 0.25) is 0 Å². The maximum atomic E-state index is 8.89. The Bertz CT molecular complexity index is 243. The van der Waals surface area contributed by atoms with Crippen molar-refractivity contribution in [1.82, 2.24) is 0 Å². The van der Waals surface area contributed by atoms with Crippen LogP contribution in [-0.4, -0.2) is 0 Å². The van der Waals surface area contributed by atoms with E-state index in [-0.39, 0.29) is 0 Å². The quantitative estimate of drug-likeness (QED) is 0.615. The lowest BCUT2D eigenvalue weighted by atomic mass is 9.84. The van der Waals surface area contributed by atoms with Gasteiger partial charge in [-0.15, -0.1) is 0 Å². The van der Waals surface area contributed by atoms with Crippen LogP contribution >= 0.6 is 0 Å². The minimum atomic E-state index is -0.876. The van der Waals surface area contributed by atoms with Gasteiger partial charge in [-0.1, -0.05) is 24.3 Å². The second kappa shape index (κ2) is 6.03. The molecule has 0 bridgehead atoms. The topological polar surface area (TPSA) is 47.6 Å². The summed E-state index contributed by atoms with van der Waals surface area (Å²) in [5.41, 5.74) is -0.876. The highest BCUT2D eigenvalue weighted by molar-refractivity contribution is 5.18. The summed E-state index contributed by atoms with van der Waals surface area (Å²) in [7, 11) is 0. The molecule has 0 amide bonds. The SMILES string of the molecule is CC=CCC(C#N)(C#N)CC=CC. The van der Waals surface area contributed by atoms with Gasteiger partial charge in [0.15, 0.2) is 5.41 Å². The van der Waals surface area contributed by atoms with Gasteiger partial charge in [0.2, 0.25) is 0 Å². The van der Waals surface area contributed by atoms with Crippen LogP contribution in [0.3, 0.4) is 0 Å². The first-order valence-corrected chi connectivity index (χ1v) is 4.29. The van der Waals surface area contributed by atoms with Crippen molar-refractivity contribution >= 4 is 0 Å². The fourth-order valence-electron chi connectivity index (χ4n) is 0.929. The minimum Gasteiger partial charge on any atom is -0.197 e. The second-order valence-corrected chi connectivity index (χ2v) is 2.85. The predicted molar refractivity (Wildman–Crippen MR) is 52.5 cm³/mol. The molecule has 0 atom stereocenters. The van der Waals surface area contributed by atoms with Crippen molar-refractivity contribution < 1.29 is 0 Å². The molecule has 13 heavy (non-hydrogen) atoms. The van der Waals surface area contributed by atoms with Crippen molar-refractivity contribution in [2.24, 2.45) is 5.41 Å². The monoisotopic (exact) mass is 174 g/mol. The van der Waals surface area contributed by atoms with E-state index in [1.165, 1.54) is 0 Å². The summed E-state index contributed by atoms with van der Waals surface area (Å²) in [5, 5.41) is 17.8. The molecular formula is C11H14N2. The van der Waals surface area contributed by atoms with Crippen molar-refractivity contribution in [2.75, 3.05) is 0 Å². The minimum absolute atomic E-state index is 0.501. The van der Waals surface area contributed by atoms with Gasteiger partial charge in [0.05, 0.1) is 12.1 Å². The van der Waals surface area contributed by atoms with E-state index >= 15 is 0 Å². The summed E-state index contributed by atoms with van der Waals surface area (Å²) in [6.07, 6.45) is 8.44. The lowest BCUT2D eigenvalue weighted by Crippen LogP contribution is -2.13. The second-order valence-electron chi connectivity index (χ2n) is 2.85. The highest BCUT2D eigenvalue weighted by atomic mass is 14.4. The Morgan fingerprint density at radius 1 is 1.00 bits per heavy atom. The van der Waals surface area contributed by atoms with Crippen molar-refractivity contribution in [3.63, 3.8) is 0 Å². The molecule has 2 nitrogen and oxygen atoms in total. The lowest BCUT2D eigenvalue weighted by Gasteiger charge is -2.13.